The van der Waals surface area contributed by atoms with Gasteiger partial charge >= 0.3 is 0 Å². The molecule has 2 aromatic carbocycles. The van der Waals surface area contributed by atoms with Crippen LogP contribution >= 0.6 is 0 Å². The second kappa shape index (κ2) is 8.17. The minimum absolute atomic E-state index is 0.840. The maximum Gasteiger partial charge on any atom is -0.0162 e. The van der Waals surface area contributed by atoms with Gasteiger partial charge in [0.05, 0.1) is 0 Å². The highest BCUT2D eigenvalue weighted by Crippen LogP contribution is 2.35. The lowest BCUT2D eigenvalue weighted by Gasteiger charge is -2.26. The van der Waals surface area contributed by atoms with Gasteiger partial charge in [0.1, 0.15) is 0 Å². The molecule has 1 aliphatic rings. The van der Waals surface area contributed by atoms with Crippen LogP contribution in [0.5, 0.6) is 0 Å². The van der Waals surface area contributed by atoms with Gasteiger partial charge in [-0.2, -0.15) is 0 Å². The van der Waals surface area contributed by atoms with Crippen LogP contribution in [0, 0.1) is 26.7 Å². The first-order valence-electron chi connectivity index (χ1n) is 8.64. The van der Waals surface area contributed by atoms with Crippen molar-refractivity contribution in [2.24, 2.45) is 5.92 Å². The molecule has 1 saturated carbocycles. The fourth-order valence-electron chi connectivity index (χ4n) is 3.07. The highest BCUT2D eigenvalue weighted by atomic mass is 14.2. The van der Waals surface area contributed by atoms with Gasteiger partial charge in [0.15, 0.2) is 0 Å². The van der Waals surface area contributed by atoms with E-state index < -0.39 is 0 Å². The van der Waals surface area contributed by atoms with Gasteiger partial charge in [0.2, 0.25) is 0 Å². The second-order valence-electron chi connectivity index (χ2n) is 7.02. The van der Waals surface area contributed by atoms with E-state index in [1.165, 1.54) is 42.4 Å². The molecule has 0 aromatic heterocycles. The van der Waals surface area contributed by atoms with Crippen LogP contribution in [0.15, 0.2) is 48.5 Å². The van der Waals surface area contributed by atoms with Crippen molar-refractivity contribution in [1.82, 2.24) is 0 Å². The normalized spacial score (nSPS) is 20.9. The summed E-state index contributed by atoms with van der Waals surface area (Å²) in [6.07, 6.45) is 5.62. The van der Waals surface area contributed by atoms with Gasteiger partial charge in [0.25, 0.3) is 0 Å². The summed E-state index contributed by atoms with van der Waals surface area (Å²) in [7, 11) is 0. The molecule has 0 saturated heterocycles. The van der Waals surface area contributed by atoms with Crippen LogP contribution in [0.25, 0.3) is 0 Å². The Morgan fingerprint density at radius 1 is 0.591 bits per heavy atom. The molecule has 0 atom stereocenters. The Hall–Kier alpha value is -1.56. The van der Waals surface area contributed by atoms with Gasteiger partial charge in [-0.05, 0) is 51.0 Å². The molecule has 0 radical (unpaired) electrons. The molecule has 2 aromatic rings. The number of aryl methyl sites for hydroxylation is 3. The molecule has 1 fully saturated rings. The highest BCUT2D eigenvalue weighted by molar-refractivity contribution is 5.24. The van der Waals surface area contributed by atoms with Crippen molar-refractivity contribution in [3.8, 4) is 0 Å². The fourth-order valence-corrected chi connectivity index (χ4v) is 3.07. The van der Waals surface area contributed by atoms with Crippen molar-refractivity contribution in [2.45, 2.75) is 59.3 Å². The van der Waals surface area contributed by atoms with Crippen molar-refractivity contribution < 1.29 is 0 Å². The zero-order valence-corrected chi connectivity index (χ0v) is 14.6. The van der Waals surface area contributed by atoms with Crippen molar-refractivity contribution in [3.63, 3.8) is 0 Å². The van der Waals surface area contributed by atoms with Crippen LogP contribution in [-0.4, -0.2) is 0 Å². The Kier molecular flexibility index (Phi) is 6.24. The van der Waals surface area contributed by atoms with E-state index in [4.69, 9.17) is 0 Å². The molecule has 0 nitrogen and oxygen atoms in total. The first-order valence-corrected chi connectivity index (χ1v) is 8.64. The van der Waals surface area contributed by atoms with E-state index in [9.17, 15) is 0 Å². The minimum atomic E-state index is 0.840. The van der Waals surface area contributed by atoms with Gasteiger partial charge in [0, 0.05) is 0 Å². The summed E-state index contributed by atoms with van der Waals surface area (Å²) in [4.78, 5) is 0. The van der Waals surface area contributed by atoms with E-state index in [0.29, 0.717) is 0 Å². The fraction of sp³-hybridized carbons (Fsp3) is 0.455. The highest BCUT2D eigenvalue weighted by Gasteiger charge is 2.19. The molecule has 0 amide bonds. The van der Waals surface area contributed by atoms with Gasteiger partial charge in [-0.1, -0.05) is 85.0 Å². The smallest absolute Gasteiger partial charge is 0.0162 e. The summed E-state index contributed by atoms with van der Waals surface area (Å²) in [6.45, 7) is 8.73. The number of hydrogen-bond acceptors (Lipinski definition) is 0. The lowest BCUT2D eigenvalue weighted by atomic mass is 9.79. The minimum Gasteiger partial charge on any atom is -0.0625 e. The third kappa shape index (κ3) is 5.33. The van der Waals surface area contributed by atoms with Crippen LogP contribution in [0.3, 0.4) is 0 Å². The SMILES string of the molecule is Cc1ccc(C)cc1.Cc1ccc(C2CCC(C)CC2)cc1. The first kappa shape index (κ1) is 16.8. The van der Waals surface area contributed by atoms with E-state index in [1.807, 2.05) is 0 Å². The average Bonchev–Trinajstić information content (AvgIpc) is 2.53. The van der Waals surface area contributed by atoms with Crippen LogP contribution in [0.2, 0.25) is 0 Å². The predicted molar refractivity (Wildman–Crippen MR) is 97.5 cm³/mol. The van der Waals surface area contributed by atoms with Crippen molar-refractivity contribution in [2.75, 3.05) is 0 Å². The Labute approximate surface area is 136 Å². The summed E-state index contributed by atoms with van der Waals surface area (Å²) in [5.74, 6) is 1.79. The molecule has 22 heavy (non-hydrogen) atoms. The summed E-state index contributed by atoms with van der Waals surface area (Å²) in [5, 5.41) is 0. The standard InChI is InChI=1S/C14H20.C8H10/c1-11-3-7-13(8-4-11)14-9-5-12(2)6-10-14;1-7-3-5-8(2)6-4-7/h3-4,7-8,12,14H,5-6,9-10H2,1-2H3;3-6H,1-2H3. The van der Waals surface area contributed by atoms with Crippen LogP contribution in [-0.2, 0) is 0 Å². The summed E-state index contributed by atoms with van der Waals surface area (Å²) < 4.78 is 0. The molecular formula is C22H30. The number of rotatable bonds is 1. The molecule has 0 heteroatoms. The van der Waals surface area contributed by atoms with Crippen molar-refractivity contribution in [1.29, 1.82) is 0 Å². The largest absolute Gasteiger partial charge is 0.0625 e. The van der Waals surface area contributed by atoms with Gasteiger partial charge < -0.3 is 0 Å². The summed E-state index contributed by atoms with van der Waals surface area (Å²) >= 11 is 0. The third-order valence-corrected chi connectivity index (χ3v) is 4.78. The average molecular weight is 294 g/mol. The Balaban J connectivity index is 0.000000188. The summed E-state index contributed by atoms with van der Waals surface area (Å²) in [5.41, 5.74) is 5.59. The van der Waals surface area contributed by atoms with E-state index in [2.05, 4.69) is 76.2 Å². The van der Waals surface area contributed by atoms with E-state index in [1.54, 1.807) is 5.56 Å². The second-order valence-corrected chi connectivity index (χ2v) is 7.02. The maximum atomic E-state index is 2.38. The molecule has 3 rings (SSSR count). The maximum absolute atomic E-state index is 2.38. The zero-order valence-electron chi connectivity index (χ0n) is 14.6. The van der Waals surface area contributed by atoms with Gasteiger partial charge in [-0.25, -0.2) is 0 Å². The monoisotopic (exact) mass is 294 g/mol. The van der Waals surface area contributed by atoms with Crippen molar-refractivity contribution in [3.05, 3.63) is 70.8 Å². The molecule has 0 bridgehead atoms. The Bertz CT molecular complexity index is 519. The van der Waals surface area contributed by atoms with E-state index >= 15 is 0 Å². The topological polar surface area (TPSA) is 0 Å². The molecular weight excluding hydrogens is 264 g/mol. The number of hydrogen-bond donors (Lipinski definition) is 0. The van der Waals surface area contributed by atoms with Crippen LogP contribution < -0.4 is 0 Å². The Morgan fingerprint density at radius 3 is 1.36 bits per heavy atom. The summed E-state index contributed by atoms with van der Waals surface area (Å²) in [6, 6.07) is 17.6. The van der Waals surface area contributed by atoms with Crippen LogP contribution in [0.4, 0.5) is 0 Å². The van der Waals surface area contributed by atoms with Gasteiger partial charge in [-0.3, -0.25) is 0 Å². The molecule has 0 spiro atoms. The quantitative estimate of drug-likeness (QED) is 0.556. The van der Waals surface area contributed by atoms with Gasteiger partial charge in [-0.15, -0.1) is 0 Å². The molecule has 1 aliphatic carbocycles. The molecule has 0 heterocycles. The van der Waals surface area contributed by atoms with Crippen LogP contribution in [0.1, 0.15) is 60.8 Å². The first-order chi connectivity index (χ1) is 10.5. The molecule has 0 aliphatic heterocycles. The Morgan fingerprint density at radius 2 is 0.955 bits per heavy atom. The number of benzene rings is 2. The van der Waals surface area contributed by atoms with E-state index in [-0.39, 0.29) is 0 Å². The lowest BCUT2D eigenvalue weighted by molar-refractivity contribution is 0.348. The van der Waals surface area contributed by atoms with E-state index in [0.717, 1.165) is 11.8 Å². The molecule has 0 unspecified atom stereocenters. The van der Waals surface area contributed by atoms with Crippen molar-refractivity contribution >= 4 is 0 Å². The third-order valence-electron chi connectivity index (χ3n) is 4.78. The zero-order chi connectivity index (χ0) is 15.9. The predicted octanol–water partition coefficient (Wildman–Crippen LogP) is 6.59. The molecule has 0 N–H and O–H groups in total. The lowest BCUT2D eigenvalue weighted by Crippen LogP contribution is -2.10. The molecule has 118 valence electrons.